The van der Waals surface area contributed by atoms with Gasteiger partial charge in [-0.25, -0.2) is 0 Å². The van der Waals surface area contributed by atoms with Crippen LogP contribution in [-0.4, -0.2) is 72.6 Å². The van der Waals surface area contributed by atoms with Crippen LogP contribution in [0.2, 0.25) is 0 Å². The zero-order chi connectivity index (χ0) is 24.4. The Kier molecular flexibility index (Phi) is 22.3. The van der Waals surface area contributed by atoms with Crippen molar-refractivity contribution in [2.45, 2.75) is 20.8 Å². The molecule has 0 atom stereocenters. The molecule has 3 amide bonds. The summed E-state index contributed by atoms with van der Waals surface area (Å²) in [6.07, 6.45) is 0. The summed E-state index contributed by atoms with van der Waals surface area (Å²) in [7, 11) is 0. The van der Waals surface area contributed by atoms with Crippen LogP contribution in [0.3, 0.4) is 0 Å². The maximum atomic E-state index is 10.2. The van der Waals surface area contributed by atoms with Crippen LogP contribution >= 0.6 is 0 Å². The van der Waals surface area contributed by atoms with E-state index in [-0.39, 0.29) is 19.5 Å². The molecule has 0 aliphatic rings. The number of aliphatic carboxylic acids is 3. The van der Waals surface area contributed by atoms with E-state index in [0.717, 1.165) is 0 Å². The van der Waals surface area contributed by atoms with Gasteiger partial charge in [0.1, 0.15) is 17.9 Å². The summed E-state index contributed by atoms with van der Waals surface area (Å²) in [6.45, 7) is 2.04. The van der Waals surface area contributed by atoms with E-state index in [1.807, 2.05) is 16.0 Å². The van der Waals surface area contributed by atoms with Gasteiger partial charge in [-0.3, -0.25) is 28.8 Å². The van der Waals surface area contributed by atoms with E-state index >= 15 is 0 Å². The van der Waals surface area contributed by atoms with Gasteiger partial charge in [-0.2, -0.15) is 0 Å². The van der Waals surface area contributed by atoms with Crippen LogP contribution in [0.4, 0.5) is 0 Å². The smallest absolute Gasteiger partial charge is 0.542 e. The number of carbonyl (C=O) groups is 9. The average molecular weight is 533 g/mol. The summed E-state index contributed by atoms with van der Waals surface area (Å²) in [4.78, 5) is 89.9. The number of nitrogens with one attached hydrogen (secondary N) is 3. The zero-order valence-electron chi connectivity index (χ0n) is 16.4. The first-order valence-corrected chi connectivity index (χ1v) is 7.57. The summed E-state index contributed by atoms with van der Waals surface area (Å²) in [5.74, 6) is -10.1. The molecule has 16 heteroatoms. The van der Waals surface area contributed by atoms with Crippen molar-refractivity contribution in [1.29, 1.82) is 0 Å². The molecule has 0 aliphatic heterocycles. The third-order valence-electron chi connectivity index (χ3n) is 2.18. The predicted molar refractivity (Wildman–Crippen MR) is 86.1 cm³/mol. The van der Waals surface area contributed by atoms with Crippen LogP contribution in [0.15, 0.2) is 0 Å². The van der Waals surface area contributed by atoms with Crippen molar-refractivity contribution in [1.82, 2.24) is 16.0 Å². The van der Waals surface area contributed by atoms with Gasteiger partial charge in [-0.1, -0.05) is 0 Å². The van der Waals surface area contributed by atoms with Crippen molar-refractivity contribution < 1.29 is 77.9 Å². The number of carboxylic acid groups (broad SMARTS) is 3. The van der Waals surface area contributed by atoms with Crippen LogP contribution in [0.1, 0.15) is 20.8 Å². The molecule has 15 nitrogen and oxygen atoms in total. The summed E-state index contributed by atoms with van der Waals surface area (Å²) >= 11 is 0. The molecular formula is C15H18N3O12Ru. The second-order valence-corrected chi connectivity index (χ2v) is 4.86. The predicted octanol–water partition coefficient (Wildman–Crippen LogP) is -7.68. The first-order valence-electron chi connectivity index (χ1n) is 7.57. The zero-order valence-corrected chi connectivity index (χ0v) is 18.1. The Balaban J connectivity index is -0.000000174. The Hall–Kier alpha value is -3.55. The van der Waals surface area contributed by atoms with Crippen LogP contribution < -0.4 is 31.3 Å². The third-order valence-corrected chi connectivity index (χ3v) is 2.18. The number of Topliss-reactive ketones (excluding diaryl/α,β-unsaturated/α-hetero) is 3. The topological polar surface area (TPSA) is 259 Å². The van der Waals surface area contributed by atoms with E-state index < -0.39 is 72.6 Å². The molecular weight excluding hydrogens is 515 g/mol. The molecule has 0 aliphatic carbocycles. The molecule has 31 heavy (non-hydrogen) atoms. The van der Waals surface area contributed by atoms with Crippen molar-refractivity contribution in [3.05, 3.63) is 0 Å². The van der Waals surface area contributed by atoms with Crippen molar-refractivity contribution in [3.8, 4) is 0 Å². The molecule has 0 spiro atoms. The average Bonchev–Trinajstić information content (AvgIpc) is 2.62. The molecule has 0 aromatic rings. The third kappa shape index (κ3) is 28.8. The van der Waals surface area contributed by atoms with Gasteiger partial charge in [-0.15, -0.1) is 0 Å². The molecule has 0 aromatic heterocycles. The second kappa shape index (κ2) is 19.8. The molecule has 173 valence electrons. The van der Waals surface area contributed by atoms with Gasteiger partial charge in [-0.05, 0) is 0 Å². The number of carboxylic acids is 3. The molecule has 0 bridgehead atoms. The quantitative estimate of drug-likeness (QED) is 0.184. The van der Waals surface area contributed by atoms with E-state index in [2.05, 4.69) is 0 Å². The molecule has 1 radical (unpaired) electrons. The van der Waals surface area contributed by atoms with E-state index in [1.165, 1.54) is 20.8 Å². The summed E-state index contributed by atoms with van der Waals surface area (Å²) in [5, 5.41) is 35.2. The minimum atomic E-state index is -1.78. The van der Waals surface area contributed by atoms with Crippen molar-refractivity contribution >= 4 is 53.0 Å². The fourth-order valence-electron chi connectivity index (χ4n) is 0.831. The van der Waals surface area contributed by atoms with Crippen molar-refractivity contribution in [2.24, 2.45) is 0 Å². The van der Waals surface area contributed by atoms with E-state index in [0.29, 0.717) is 0 Å². The number of rotatable bonds is 9. The Morgan fingerprint density at radius 3 is 0.742 bits per heavy atom. The Bertz CT molecular complexity index is 625. The van der Waals surface area contributed by atoms with Crippen molar-refractivity contribution in [3.63, 3.8) is 0 Å². The number of amides is 3. The fourth-order valence-corrected chi connectivity index (χ4v) is 0.831. The van der Waals surface area contributed by atoms with Gasteiger partial charge in [0.2, 0.25) is 17.7 Å². The van der Waals surface area contributed by atoms with E-state index in [1.54, 1.807) is 0 Å². The van der Waals surface area contributed by atoms with Gasteiger partial charge >= 0.3 is 19.5 Å². The Labute approximate surface area is 187 Å². The summed E-state index contributed by atoms with van der Waals surface area (Å²) < 4.78 is 0. The van der Waals surface area contributed by atoms with Gasteiger partial charge in [0, 0.05) is 20.8 Å². The Morgan fingerprint density at radius 1 is 0.484 bits per heavy atom. The standard InChI is InChI=1S/3C5H7NO4.Ru/c3*1-3(7)6-2-4(8)5(9)10;/h3*2H2,1H3,(H,6,7)(H,9,10);/q;;;+3/p-3. The van der Waals surface area contributed by atoms with Gasteiger partial charge in [0.05, 0.1) is 19.6 Å². The molecule has 0 saturated heterocycles. The Morgan fingerprint density at radius 2 is 0.645 bits per heavy atom. The maximum absolute atomic E-state index is 10.2. The second-order valence-electron chi connectivity index (χ2n) is 4.86. The number of hydrogen-bond donors (Lipinski definition) is 3. The first-order chi connectivity index (χ1) is 13.6. The van der Waals surface area contributed by atoms with Crippen molar-refractivity contribution in [2.75, 3.05) is 19.6 Å². The molecule has 0 unspecified atom stereocenters. The maximum Gasteiger partial charge on any atom is 3.00 e. The van der Waals surface area contributed by atoms with Gasteiger partial charge in [0.15, 0.2) is 17.3 Å². The SMILES string of the molecule is CC(=O)NCC(=O)C(=O)[O-].CC(=O)NCC(=O)C(=O)[O-].CC(=O)NCC(=O)C(=O)[O-].[Ru+3]. The molecule has 0 aromatic carbocycles. The first kappa shape index (κ1) is 34.9. The largest absolute Gasteiger partial charge is 3.00 e. The van der Waals surface area contributed by atoms with E-state index in [9.17, 15) is 58.5 Å². The summed E-state index contributed by atoms with van der Waals surface area (Å²) in [5.41, 5.74) is 0. The van der Waals surface area contributed by atoms with Gasteiger partial charge < -0.3 is 45.7 Å². The number of carbonyl (C=O) groups excluding carboxylic acids is 9. The molecule has 0 rings (SSSR count). The summed E-state index contributed by atoms with van der Waals surface area (Å²) in [6, 6.07) is 0. The normalized spacial score (nSPS) is 8.23. The van der Waals surface area contributed by atoms with E-state index in [4.69, 9.17) is 0 Å². The number of ketones is 3. The molecule has 3 N–H and O–H groups in total. The minimum Gasteiger partial charge on any atom is -0.542 e. The molecule has 0 fully saturated rings. The van der Waals surface area contributed by atoms with Crippen LogP contribution in [0, 0.1) is 0 Å². The number of hydrogen-bond acceptors (Lipinski definition) is 12. The monoisotopic (exact) mass is 534 g/mol. The fraction of sp³-hybridized carbons (Fsp3) is 0.400. The molecule has 0 saturated carbocycles. The minimum absolute atomic E-state index is 0. The van der Waals surface area contributed by atoms with Crippen LogP contribution in [-0.2, 0) is 62.6 Å². The molecule has 0 heterocycles. The van der Waals surface area contributed by atoms with Gasteiger partial charge in [0.25, 0.3) is 0 Å². The van der Waals surface area contributed by atoms with Crippen LogP contribution in [0.5, 0.6) is 0 Å². The van der Waals surface area contributed by atoms with Crippen LogP contribution in [0.25, 0.3) is 0 Å².